The minimum atomic E-state index is -3.70. The summed E-state index contributed by atoms with van der Waals surface area (Å²) >= 11 is 0. The lowest BCUT2D eigenvalue weighted by molar-refractivity contribution is 0.0953. The number of sulfone groups is 1. The average Bonchev–Trinajstić information content (AvgIpc) is 2.57. The van der Waals surface area contributed by atoms with E-state index in [0.717, 1.165) is 11.8 Å². The van der Waals surface area contributed by atoms with Crippen LogP contribution in [-0.4, -0.2) is 35.5 Å². The van der Waals surface area contributed by atoms with Crippen LogP contribution >= 0.6 is 0 Å². The van der Waals surface area contributed by atoms with Crippen LogP contribution in [0.5, 0.6) is 0 Å². The molecule has 0 aromatic heterocycles. The molecule has 9 heteroatoms. The van der Waals surface area contributed by atoms with Crippen LogP contribution in [-0.2, 0) is 26.3 Å². The first-order valence-corrected chi connectivity index (χ1v) is 11.2. The fraction of sp³-hybridized carbons (Fsp3) is 0.235. The molecule has 7 nitrogen and oxygen atoms in total. The van der Waals surface area contributed by atoms with Crippen LogP contribution in [0.3, 0.4) is 0 Å². The van der Waals surface area contributed by atoms with Crippen molar-refractivity contribution in [2.24, 2.45) is 5.14 Å². The van der Waals surface area contributed by atoms with Gasteiger partial charge in [-0.1, -0.05) is 18.2 Å². The van der Waals surface area contributed by atoms with E-state index >= 15 is 0 Å². The van der Waals surface area contributed by atoms with Crippen molar-refractivity contribution < 1.29 is 21.6 Å². The Kier molecular flexibility index (Phi) is 6.17. The molecule has 0 aliphatic rings. The van der Waals surface area contributed by atoms with E-state index < -0.39 is 19.9 Å². The molecule has 3 N–H and O–H groups in total. The second kappa shape index (κ2) is 7.98. The Bertz CT molecular complexity index is 998. The van der Waals surface area contributed by atoms with Crippen molar-refractivity contribution in [2.75, 3.05) is 12.8 Å². The Morgan fingerprint density at radius 3 is 2.23 bits per heavy atom. The van der Waals surface area contributed by atoms with Gasteiger partial charge in [-0.15, -0.1) is 0 Å². The van der Waals surface area contributed by atoms with Gasteiger partial charge in [-0.25, -0.2) is 22.0 Å². The highest BCUT2D eigenvalue weighted by atomic mass is 32.2. The summed E-state index contributed by atoms with van der Waals surface area (Å²) in [5.74, 6) is -0.347. The molecule has 2 aromatic carbocycles. The second-order valence-corrected chi connectivity index (χ2v) is 9.43. The van der Waals surface area contributed by atoms with E-state index in [0.29, 0.717) is 19.4 Å². The quantitative estimate of drug-likeness (QED) is 0.678. The molecule has 140 valence electrons. The highest BCUT2D eigenvalue weighted by Crippen LogP contribution is 2.12. The van der Waals surface area contributed by atoms with Gasteiger partial charge in [0.15, 0.2) is 9.84 Å². The highest BCUT2D eigenvalue weighted by Gasteiger charge is 2.11. The van der Waals surface area contributed by atoms with Gasteiger partial charge >= 0.3 is 0 Å². The molecule has 1 amide bonds. The topological polar surface area (TPSA) is 123 Å². The Morgan fingerprint density at radius 1 is 1.00 bits per heavy atom. The van der Waals surface area contributed by atoms with Crippen molar-refractivity contribution in [3.8, 4) is 0 Å². The van der Waals surface area contributed by atoms with Crippen molar-refractivity contribution in [2.45, 2.75) is 22.6 Å². The number of hydrogen-bond donors (Lipinski definition) is 2. The first kappa shape index (κ1) is 20.1. The number of benzene rings is 2. The normalized spacial score (nSPS) is 11.9. The minimum absolute atomic E-state index is 0.0558. The number of amides is 1. The summed E-state index contributed by atoms with van der Waals surface area (Å²) in [7, 11) is -7.07. The SMILES string of the molecule is CS(=O)(=O)c1cccc(C(=O)NCCCc2ccc(S(N)(=O)=O)cc2)c1. The summed E-state index contributed by atoms with van der Waals surface area (Å²) in [6.07, 6.45) is 2.38. The summed E-state index contributed by atoms with van der Waals surface area (Å²) in [5.41, 5.74) is 1.20. The minimum Gasteiger partial charge on any atom is -0.352 e. The molecular formula is C17H20N2O5S2. The molecule has 0 atom stereocenters. The second-order valence-electron chi connectivity index (χ2n) is 5.85. The van der Waals surface area contributed by atoms with Gasteiger partial charge in [-0.3, -0.25) is 4.79 Å². The van der Waals surface area contributed by atoms with Gasteiger partial charge in [0.2, 0.25) is 10.0 Å². The average molecular weight is 396 g/mol. The van der Waals surface area contributed by atoms with Gasteiger partial charge < -0.3 is 5.32 Å². The van der Waals surface area contributed by atoms with Gasteiger partial charge in [0.05, 0.1) is 9.79 Å². The van der Waals surface area contributed by atoms with Gasteiger partial charge in [0, 0.05) is 18.4 Å². The van der Waals surface area contributed by atoms with Crippen LogP contribution in [0.1, 0.15) is 22.3 Å². The van der Waals surface area contributed by atoms with Crippen LogP contribution in [0.25, 0.3) is 0 Å². The molecule has 0 saturated carbocycles. The molecule has 2 aromatic rings. The largest absolute Gasteiger partial charge is 0.352 e. The third-order valence-electron chi connectivity index (χ3n) is 3.70. The predicted octanol–water partition coefficient (Wildman–Crippen LogP) is 1.10. The molecule has 26 heavy (non-hydrogen) atoms. The lowest BCUT2D eigenvalue weighted by Gasteiger charge is -2.07. The first-order chi connectivity index (χ1) is 12.1. The summed E-state index contributed by atoms with van der Waals surface area (Å²) < 4.78 is 45.5. The maximum atomic E-state index is 12.1. The summed E-state index contributed by atoms with van der Waals surface area (Å²) in [5, 5.41) is 7.78. The molecule has 0 spiro atoms. The van der Waals surface area contributed by atoms with Crippen molar-refractivity contribution in [1.29, 1.82) is 0 Å². The predicted molar refractivity (Wildman–Crippen MR) is 98.0 cm³/mol. The number of carbonyl (C=O) groups is 1. The van der Waals surface area contributed by atoms with E-state index in [1.165, 1.54) is 30.3 Å². The third kappa shape index (κ3) is 5.65. The molecular weight excluding hydrogens is 376 g/mol. The number of aryl methyl sites for hydroxylation is 1. The van der Waals surface area contributed by atoms with Crippen LogP contribution < -0.4 is 10.5 Å². The van der Waals surface area contributed by atoms with Crippen molar-refractivity contribution >= 4 is 25.8 Å². The Balaban J connectivity index is 1.87. The Morgan fingerprint density at radius 2 is 1.65 bits per heavy atom. The molecule has 0 bridgehead atoms. The fourth-order valence-electron chi connectivity index (χ4n) is 2.31. The molecule has 0 fully saturated rings. The number of nitrogens with two attached hydrogens (primary N) is 1. The van der Waals surface area contributed by atoms with E-state index in [1.807, 2.05) is 0 Å². The standard InChI is InChI=1S/C17H20N2O5S2/c1-25(21,22)16-6-2-5-14(12-16)17(20)19-11-3-4-13-7-9-15(10-8-13)26(18,23)24/h2,5-10,12H,3-4,11H2,1H3,(H,19,20)(H2,18,23,24). The lowest BCUT2D eigenvalue weighted by atomic mass is 10.1. The van der Waals surface area contributed by atoms with Gasteiger partial charge in [0.1, 0.15) is 0 Å². The van der Waals surface area contributed by atoms with Gasteiger partial charge in [-0.05, 0) is 48.7 Å². The Hall–Kier alpha value is -2.23. The number of sulfonamides is 1. The zero-order valence-electron chi connectivity index (χ0n) is 14.2. The molecule has 0 aliphatic heterocycles. The van der Waals surface area contributed by atoms with Crippen LogP contribution in [0, 0.1) is 0 Å². The number of hydrogen-bond acceptors (Lipinski definition) is 5. The molecule has 0 radical (unpaired) electrons. The van der Waals surface area contributed by atoms with E-state index in [4.69, 9.17) is 5.14 Å². The van der Waals surface area contributed by atoms with Crippen LogP contribution in [0.2, 0.25) is 0 Å². The number of rotatable bonds is 7. The maximum Gasteiger partial charge on any atom is 0.251 e. The van der Waals surface area contributed by atoms with Crippen molar-refractivity contribution in [3.63, 3.8) is 0 Å². The molecule has 0 heterocycles. The van der Waals surface area contributed by atoms with Gasteiger partial charge in [-0.2, -0.15) is 0 Å². The number of nitrogens with one attached hydrogen (secondary N) is 1. The summed E-state index contributed by atoms with van der Waals surface area (Å²) in [4.78, 5) is 12.3. The fourth-order valence-corrected chi connectivity index (χ4v) is 3.49. The number of primary sulfonamides is 1. The highest BCUT2D eigenvalue weighted by molar-refractivity contribution is 7.90. The zero-order chi connectivity index (χ0) is 19.4. The summed E-state index contributed by atoms with van der Waals surface area (Å²) in [6.45, 7) is 0.402. The van der Waals surface area contributed by atoms with Crippen LogP contribution in [0.4, 0.5) is 0 Å². The Labute approximate surface area is 153 Å². The first-order valence-electron chi connectivity index (χ1n) is 7.77. The van der Waals surface area contributed by atoms with Crippen LogP contribution in [0.15, 0.2) is 58.3 Å². The maximum absolute atomic E-state index is 12.1. The molecule has 2 rings (SSSR count). The third-order valence-corrected chi connectivity index (χ3v) is 5.74. The number of carbonyl (C=O) groups excluding carboxylic acids is 1. The molecule has 0 unspecified atom stereocenters. The van der Waals surface area contributed by atoms with E-state index in [9.17, 15) is 21.6 Å². The van der Waals surface area contributed by atoms with E-state index in [-0.39, 0.29) is 21.3 Å². The molecule has 0 saturated heterocycles. The summed E-state index contributed by atoms with van der Waals surface area (Å²) in [6, 6.07) is 12.1. The molecule has 0 aliphatic carbocycles. The lowest BCUT2D eigenvalue weighted by Crippen LogP contribution is -2.25. The smallest absolute Gasteiger partial charge is 0.251 e. The van der Waals surface area contributed by atoms with E-state index in [1.54, 1.807) is 18.2 Å². The monoisotopic (exact) mass is 396 g/mol. The van der Waals surface area contributed by atoms with Crippen molar-refractivity contribution in [1.82, 2.24) is 5.32 Å². The van der Waals surface area contributed by atoms with Crippen molar-refractivity contribution in [3.05, 3.63) is 59.7 Å². The van der Waals surface area contributed by atoms with E-state index in [2.05, 4.69) is 5.32 Å². The van der Waals surface area contributed by atoms with Gasteiger partial charge in [0.25, 0.3) is 5.91 Å². The zero-order valence-corrected chi connectivity index (χ0v) is 15.8.